The quantitative estimate of drug-likeness (QED) is 0.766. The summed E-state index contributed by atoms with van der Waals surface area (Å²) in [5.74, 6) is 0.807. The van der Waals surface area contributed by atoms with E-state index >= 15 is 0 Å². The minimum atomic E-state index is 0.503. The van der Waals surface area contributed by atoms with E-state index in [1.807, 2.05) is 29.8 Å². The molecule has 0 radical (unpaired) electrons. The van der Waals surface area contributed by atoms with Crippen molar-refractivity contribution in [2.45, 2.75) is 13.5 Å². The number of hydrogen-bond donors (Lipinski definition) is 1. The number of nitrogens with two attached hydrogens (primary N) is 1. The minimum absolute atomic E-state index is 0.503. The molecule has 2 heterocycles. The highest BCUT2D eigenvalue weighted by atomic mass is 15.1. The molecule has 4 heteroatoms. The lowest BCUT2D eigenvalue weighted by Crippen LogP contribution is -2.06. The van der Waals surface area contributed by atoms with Gasteiger partial charge in [0, 0.05) is 18.4 Å². The number of aryl methyl sites for hydroxylation is 1. The Morgan fingerprint density at radius 2 is 2.21 bits per heavy atom. The van der Waals surface area contributed by atoms with Crippen molar-refractivity contribution in [3.05, 3.63) is 42.1 Å². The van der Waals surface area contributed by atoms with Gasteiger partial charge in [-0.1, -0.05) is 0 Å². The fourth-order valence-corrected chi connectivity index (χ4v) is 1.32. The average Bonchev–Trinajstić information content (AvgIpc) is 2.67. The summed E-state index contributed by atoms with van der Waals surface area (Å²) < 4.78 is 1.94. The van der Waals surface area contributed by atoms with Crippen molar-refractivity contribution in [2.75, 3.05) is 0 Å². The lowest BCUT2D eigenvalue weighted by atomic mass is 10.4. The Bertz CT molecular complexity index is 416. The standard InChI is InChI=1S/C10H12N4/c1-8-6-13-10(7-12-8)14-4-2-3-9(14)5-11/h2-4,6-7H,5,11H2,1H3. The van der Waals surface area contributed by atoms with Crippen molar-refractivity contribution in [1.82, 2.24) is 14.5 Å². The smallest absolute Gasteiger partial charge is 0.155 e. The maximum absolute atomic E-state index is 5.59. The predicted octanol–water partition coefficient (Wildman–Crippen LogP) is 1.03. The largest absolute Gasteiger partial charge is 0.325 e. The molecule has 0 aliphatic heterocycles. The van der Waals surface area contributed by atoms with Crippen LogP contribution in [-0.4, -0.2) is 14.5 Å². The number of nitrogens with zero attached hydrogens (tertiary/aromatic N) is 3. The third kappa shape index (κ3) is 1.52. The van der Waals surface area contributed by atoms with Crippen LogP contribution in [0.2, 0.25) is 0 Å². The van der Waals surface area contributed by atoms with Crippen LogP contribution < -0.4 is 5.73 Å². The van der Waals surface area contributed by atoms with Gasteiger partial charge < -0.3 is 10.3 Å². The minimum Gasteiger partial charge on any atom is -0.325 e. The van der Waals surface area contributed by atoms with E-state index in [-0.39, 0.29) is 0 Å². The molecule has 0 aliphatic rings. The predicted molar refractivity (Wildman–Crippen MR) is 54.0 cm³/mol. The highest BCUT2D eigenvalue weighted by molar-refractivity contribution is 5.25. The van der Waals surface area contributed by atoms with E-state index in [1.165, 1.54) is 0 Å². The van der Waals surface area contributed by atoms with Crippen LogP contribution in [0.1, 0.15) is 11.4 Å². The molecule has 0 atom stereocenters. The van der Waals surface area contributed by atoms with Crippen molar-refractivity contribution >= 4 is 0 Å². The summed E-state index contributed by atoms with van der Waals surface area (Å²) in [6, 6.07) is 3.92. The maximum Gasteiger partial charge on any atom is 0.155 e. The molecule has 0 saturated heterocycles. The molecule has 0 aromatic carbocycles. The highest BCUT2D eigenvalue weighted by Crippen LogP contribution is 2.08. The van der Waals surface area contributed by atoms with Crippen molar-refractivity contribution in [3.63, 3.8) is 0 Å². The zero-order valence-electron chi connectivity index (χ0n) is 8.01. The lowest BCUT2D eigenvalue weighted by Gasteiger charge is -2.05. The second-order valence-corrected chi connectivity index (χ2v) is 3.09. The van der Waals surface area contributed by atoms with E-state index in [4.69, 9.17) is 5.73 Å². The molecule has 0 aliphatic carbocycles. The molecule has 0 unspecified atom stereocenters. The Morgan fingerprint density at radius 3 is 2.86 bits per heavy atom. The second kappa shape index (κ2) is 3.59. The maximum atomic E-state index is 5.59. The van der Waals surface area contributed by atoms with Crippen LogP contribution in [0.15, 0.2) is 30.7 Å². The summed E-state index contributed by atoms with van der Waals surface area (Å²) >= 11 is 0. The van der Waals surface area contributed by atoms with Gasteiger partial charge in [-0.25, -0.2) is 4.98 Å². The van der Waals surface area contributed by atoms with E-state index in [0.29, 0.717) is 6.54 Å². The molecular weight excluding hydrogens is 176 g/mol. The first kappa shape index (κ1) is 8.90. The van der Waals surface area contributed by atoms with Crippen molar-refractivity contribution in [1.29, 1.82) is 0 Å². The Kier molecular flexibility index (Phi) is 2.28. The Hall–Kier alpha value is -1.68. The summed E-state index contributed by atoms with van der Waals surface area (Å²) in [6.45, 7) is 2.42. The number of aromatic nitrogens is 3. The van der Waals surface area contributed by atoms with E-state index < -0.39 is 0 Å². The van der Waals surface area contributed by atoms with Crippen molar-refractivity contribution in [3.8, 4) is 5.82 Å². The fraction of sp³-hybridized carbons (Fsp3) is 0.200. The SMILES string of the molecule is Cc1cnc(-n2cccc2CN)cn1. The Morgan fingerprint density at radius 1 is 1.36 bits per heavy atom. The van der Waals surface area contributed by atoms with Gasteiger partial charge in [-0.15, -0.1) is 0 Å². The molecule has 2 aromatic heterocycles. The van der Waals surface area contributed by atoms with Crippen LogP contribution in [0.4, 0.5) is 0 Å². The van der Waals surface area contributed by atoms with Gasteiger partial charge in [-0.2, -0.15) is 0 Å². The summed E-state index contributed by atoms with van der Waals surface area (Å²) in [6.07, 6.45) is 5.42. The van der Waals surface area contributed by atoms with Gasteiger partial charge in [-0.3, -0.25) is 4.98 Å². The Labute approximate surface area is 82.4 Å². The lowest BCUT2D eigenvalue weighted by molar-refractivity contribution is 0.873. The third-order valence-electron chi connectivity index (χ3n) is 2.06. The number of rotatable bonds is 2. The highest BCUT2D eigenvalue weighted by Gasteiger charge is 2.02. The summed E-state index contributed by atoms with van der Waals surface area (Å²) in [5.41, 5.74) is 7.54. The molecule has 2 N–H and O–H groups in total. The third-order valence-corrected chi connectivity index (χ3v) is 2.06. The Balaban J connectivity index is 2.44. The fourth-order valence-electron chi connectivity index (χ4n) is 1.32. The van der Waals surface area contributed by atoms with Gasteiger partial charge in [0.2, 0.25) is 0 Å². The van der Waals surface area contributed by atoms with Crippen LogP contribution in [0.3, 0.4) is 0 Å². The first-order chi connectivity index (χ1) is 6.81. The topological polar surface area (TPSA) is 56.7 Å². The van der Waals surface area contributed by atoms with Crippen LogP contribution in [0, 0.1) is 6.92 Å². The molecule has 72 valence electrons. The summed E-state index contributed by atoms with van der Waals surface area (Å²) in [5, 5.41) is 0. The molecule has 2 rings (SSSR count). The van der Waals surface area contributed by atoms with E-state index in [2.05, 4.69) is 9.97 Å². The molecule has 0 fully saturated rings. The van der Waals surface area contributed by atoms with Crippen LogP contribution in [-0.2, 0) is 6.54 Å². The molecular formula is C10H12N4. The van der Waals surface area contributed by atoms with E-state index in [9.17, 15) is 0 Å². The van der Waals surface area contributed by atoms with Crippen LogP contribution >= 0.6 is 0 Å². The van der Waals surface area contributed by atoms with Gasteiger partial charge in [-0.05, 0) is 19.1 Å². The first-order valence-corrected chi connectivity index (χ1v) is 4.46. The molecule has 2 aromatic rings. The normalized spacial score (nSPS) is 10.4. The molecule has 4 nitrogen and oxygen atoms in total. The average molecular weight is 188 g/mol. The van der Waals surface area contributed by atoms with Crippen LogP contribution in [0.25, 0.3) is 5.82 Å². The van der Waals surface area contributed by atoms with Crippen molar-refractivity contribution < 1.29 is 0 Å². The van der Waals surface area contributed by atoms with Gasteiger partial charge in [0.25, 0.3) is 0 Å². The monoisotopic (exact) mass is 188 g/mol. The zero-order valence-corrected chi connectivity index (χ0v) is 8.01. The molecule has 0 spiro atoms. The van der Waals surface area contributed by atoms with Gasteiger partial charge >= 0.3 is 0 Å². The number of hydrogen-bond acceptors (Lipinski definition) is 3. The summed E-state index contributed by atoms with van der Waals surface area (Å²) in [7, 11) is 0. The zero-order chi connectivity index (χ0) is 9.97. The van der Waals surface area contributed by atoms with Crippen molar-refractivity contribution in [2.24, 2.45) is 5.73 Å². The van der Waals surface area contributed by atoms with Gasteiger partial charge in [0.15, 0.2) is 5.82 Å². The molecule has 14 heavy (non-hydrogen) atoms. The van der Waals surface area contributed by atoms with E-state index in [0.717, 1.165) is 17.2 Å². The molecule has 0 bridgehead atoms. The van der Waals surface area contributed by atoms with Gasteiger partial charge in [0.1, 0.15) is 0 Å². The summed E-state index contributed by atoms with van der Waals surface area (Å²) in [4.78, 5) is 8.46. The second-order valence-electron chi connectivity index (χ2n) is 3.09. The molecule has 0 saturated carbocycles. The van der Waals surface area contributed by atoms with Gasteiger partial charge in [0.05, 0.1) is 18.1 Å². The van der Waals surface area contributed by atoms with E-state index in [1.54, 1.807) is 12.4 Å². The molecule has 0 amide bonds. The van der Waals surface area contributed by atoms with Crippen LogP contribution in [0.5, 0.6) is 0 Å². The first-order valence-electron chi connectivity index (χ1n) is 4.46.